The van der Waals surface area contributed by atoms with E-state index >= 15 is 0 Å². The van der Waals surface area contributed by atoms with Gasteiger partial charge in [-0.05, 0) is 25.0 Å². The van der Waals surface area contributed by atoms with E-state index < -0.39 is 6.61 Å². The molecule has 0 atom stereocenters. The van der Waals surface area contributed by atoms with E-state index in [0.29, 0.717) is 5.69 Å². The van der Waals surface area contributed by atoms with Crippen LogP contribution in [0.5, 0.6) is 5.75 Å². The van der Waals surface area contributed by atoms with E-state index in [-0.39, 0.29) is 17.6 Å². The summed E-state index contributed by atoms with van der Waals surface area (Å²) >= 11 is 0. The fourth-order valence-corrected chi connectivity index (χ4v) is 2.18. The number of carbonyl (C=O) groups excluding carboxylic acids is 1. The first-order valence-electron chi connectivity index (χ1n) is 6.01. The summed E-state index contributed by atoms with van der Waals surface area (Å²) in [6.07, 6.45) is 3.96. The molecule has 1 aromatic rings. The Morgan fingerprint density at radius 3 is 2.72 bits per heavy atom. The van der Waals surface area contributed by atoms with Crippen LogP contribution in [0.3, 0.4) is 0 Å². The Bertz CT molecular complexity index is 417. The molecular weight excluding hydrogens is 240 g/mol. The third-order valence-corrected chi connectivity index (χ3v) is 3.05. The summed E-state index contributed by atoms with van der Waals surface area (Å²) < 4.78 is 28.4. The van der Waals surface area contributed by atoms with Gasteiger partial charge in [0.2, 0.25) is 5.91 Å². The summed E-state index contributed by atoms with van der Waals surface area (Å²) in [5, 5.41) is 2.73. The van der Waals surface area contributed by atoms with E-state index in [9.17, 15) is 13.6 Å². The third-order valence-electron chi connectivity index (χ3n) is 3.05. The molecule has 0 spiro atoms. The van der Waals surface area contributed by atoms with E-state index in [1.54, 1.807) is 12.1 Å². The van der Waals surface area contributed by atoms with Gasteiger partial charge in [-0.1, -0.05) is 18.9 Å². The van der Waals surface area contributed by atoms with E-state index in [1.807, 2.05) is 0 Å². The standard InChI is InChI=1S/C13H15F2NO2/c14-13(15)18-11-7-3-6-10(8-11)16-12(17)9-4-1-2-5-9/h3,6-9,13H,1-2,4-5H2,(H,16,17). The smallest absolute Gasteiger partial charge is 0.387 e. The first-order valence-corrected chi connectivity index (χ1v) is 6.01. The van der Waals surface area contributed by atoms with Gasteiger partial charge in [-0.3, -0.25) is 4.79 Å². The van der Waals surface area contributed by atoms with E-state index in [0.717, 1.165) is 25.7 Å². The predicted molar refractivity (Wildman–Crippen MR) is 63.7 cm³/mol. The summed E-state index contributed by atoms with van der Waals surface area (Å²) in [6, 6.07) is 6.06. The normalized spacial score (nSPS) is 15.9. The van der Waals surface area contributed by atoms with Crippen molar-refractivity contribution in [1.82, 2.24) is 0 Å². The van der Waals surface area contributed by atoms with Crippen molar-refractivity contribution >= 4 is 11.6 Å². The molecule has 0 heterocycles. The number of halogens is 2. The van der Waals surface area contributed by atoms with Crippen LogP contribution in [0.1, 0.15) is 25.7 Å². The van der Waals surface area contributed by atoms with Crippen molar-refractivity contribution in [2.45, 2.75) is 32.3 Å². The maximum Gasteiger partial charge on any atom is 0.387 e. The van der Waals surface area contributed by atoms with E-state index in [2.05, 4.69) is 10.1 Å². The Balaban J connectivity index is 1.97. The van der Waals surface area contributed by atoms with Gasteiger partial charge in [0.1, 0.15) is 5.75 Å². The summed E-state index contributed by atoms with van der Waals surface area (Å²) in [6.45, 7) is -2.86. The maximum absolute atomic E-state index is 12.1. The molecule has 1 N–H and O–H groups in total. The zero-order valence-corrected chi connectivity index (χ0v) is 9.86. The first-order chi connectivity index (χ1) is 8.65. The molecule has 1 fully saturated rings. The molecule has 0 unspecified atom stereocenters. The number of anilines is 1. The second-order valence-electron chi connectivity index (χ2n) is 4.38. The zero-order valence-electron chi connectivity index (χ0n) is 9.86. The minimum Gasteiger partial charge on any atom is -0.435 e. The molecule has 18 heavy (non-hydrogen) atoms. The number of ether oxygens (including phenoxy) is 1. The number of rotatable bonds is 4. The minimum atomic E-state index is -2.86. The van der Waals surface area contributed by atoms with E-state index in [1.165, 1.54) is 12.1 Å². The van der Waals surface area contributed by atoms with Crippen LogP contribution in [0.25, 0.3) is 0 Å². The Hall–Kier alpha value is -1.65. The highest BCUT2D eigenvalue weighted by Gasteiger charge is 2.22. The lowest BCUT2D eigenvalue weighted by molar-refractivity contribution is -0.119. The third kappa shape index (κ3) is 3.42. The number of benzene rings is 1. The molecule has 0 saturated heterocycles. The highest BCUT2D eigenvalue weighted by Crippen LogP contribution is 2.26. The van der Waals surface area contributed by atoms with Gasteiger partial charge in [0, 0.05) is 17.7 Å². The van der Waals surface area contributed by atoms with Gasteiger partial charge in [0.15, 0.2) is 0 Å². The van der Waals surface area contributed by atoms with E-state index in [4.69, 9.17) is 0 Å². The summed E-state index contributed by atoms with van der Waals surface area (Å²) in [7, 11) is 0. The second kappa shape index (κ2) is 5.80. The monoisotopic (exact) mass is 255 g/mol. The molecule has 3 nitrogen and oxygen atoms in total. The van der Waals surface area contributed by atoms with Gasteiger partial charge in [-0.25, -0.2) is 0 Å². The summed E-state index contributed by atoms with van der Waals surface area (Å²) in [5.74, 6) is 0.0561. The Kier molecular flexibility index (Phi) is 4.12. The average molecular weight is 255 g/mol. The number of nitrogens with one attached hydrogen (secondary N) is 1. The lowest BCUT2D eigenvalue weighted by atomic mass is 10.1. The van der Waals surface area contributed by atoms with Crippen LogP contribution in [-0.4, -0.2) is 12.5 Å². The quantitative estimate of drug-likeness (QED) is 0.895. The molecule has 0 aliphatic heterocycles. The number of hydrogen-bond acceptors (Lipinski definition) is 2. The van der Waals surface area contributed by atoms with Crippen molar-refractivity contribution in [2.24, 2.45) is 5.92 Å². The molecule has 1 amide bonds. The van der Waals surface area contributed by atoms with Gasteiger partial charge in [-0.2, -0.15) is 8.78 Å². The highest BCUT2D eigenvalue weighted by molar-refractivity contribution is 5.92. The first kappa shape index (κ1) is 12.8. The molecule has 1 aliphatic carbocycles. The molecule has 0 aromatic heterocycles. The molecule has 1 aliphatic rings. The van der Waals surface area contributed by atoms with Crippen LogP contribution in [0.4, 0.5) is 14.5 Å². The molecule has 1 aromatic carbocycles. The van der Waals surface area contributed by atoms with Gasteiger partial charge >= 0.3 is 6.61 Å². The molecule has 5 heteroatoms. The Morgan fingerprint density at radius 2 is 2.06 bits per heavy atom. The van der Waals surface area contributed by atoms with Gasteiger partial charge in [0.05, 0.1) is 0 Å². The van der Waals surface area contributed by atoms with Crippen LogP contribution in [0.15, 0.2) is 24.3 Å². The fourth-order valence-electron chi connectivity index (χ4n) is 2.18. The average Bonchev–Trinajstić information content (AvgIpc) is 2.81. The van der Waals surface area contributed by atoms with Gasteiger partial charge in [-0.15, -0.1) is 0 Å². The van der Waals surface area contributed by atoms with Gasteiger partial charge < -0.3 is 10.1 Å². The van der Waals surface area contributed by atoms with Crippen molar-refractivity contribution in [1.29, 1.82) is 0 Å². The van der Waals surface area contributed by atoms with Crippen molar-refractivity contribution in [3.8, 4) is 5.75 Å². The number of hydrogen-bond donors (Lipinski definition) is 1. The lowest BCUT2D eigenvalue weighted by Gasteiger charge is -2.11. The van der Waals surface area contributed by atoms with Crippen molar-refractivity contribution < 1.29 is 18.3 Å². The molecular formula is C13H15F2NO2. The summed E-state index contributed by atoms with van der Waals surface area (Å²) in [4.78, 5) is 11.8. The second-order valence-corrected chi connectivity index (χ2v) is 4.38. The topological polar surface area (TPSA) is 38.3 Å². The Labute approximate surface area is 104 Å². The molecule has 98 valence electrons. The van der Waals surface area contributed by atoms with Crippen LogP contribution in [0.2, 0.25) is 0 Å². The largest absolute Gasteiger partial charge is 0.435 e. The number of amides is 1. The van der Waals surface area contributed by atoms with Crippen LogP contribution in [0, 0.1) is 5.92 Å². The highest BCUT2D eigenvalue weighted by atomic mass is 19.3. The van der Waals surface area contributed by atoms with Crippen LogP contribution >= 0.6 is 0 Å². The Morgan fingerprint density at radius 1 is 1.33 bits per heavy atom. The zero-order chi connectivity index (χ0) is 13.0. The number of carbonyl (C=O) groups is 1. The molecule has 1 saturated carbocycles. The molecule has 2 rings (SSSR count). The van der Waals surface area contributed by atoms with Crippen molar-refractivity contribution in [2.75, 3.05) is 5.32 Å². The fraction of sp³-hybridized carbons (Fsp3) is 0.462. The van der Waals surface area contributed by atoms with Crippen LogP contribution < -0.4 is 10.1 Å². The predicted octanol–water partition coefficient (Wildman–Crippen LogP) is 3.42. The maximum atomic E-state index is 12.1. The SMILES string of the molecule is O=C(Nc1cccc(OC(F)F)c1)C1CCCC1. The molecule has 0 radical (unpaired) electrons. The molecule has 0 bridgehead atoms. The minimum absolute atomic E-state index is 0.0401. The summed E-state index contributed by atoms with van der Waals surface area (Å²) in [5.41, 5.74) is 0.491. The van der Waals surface area contributed by atoms with Crippen LogP contribution in [-0.2, 0) is 4.79 Å². The van der Waals surface area contributed by atoms with Crippen molar-refractivity contribution in [3.63, 3.8) is 0 Å². The number of alkyl halides is 2. The lowest BCUT2D eigenvalue weighted by Crippen LogP contribution is -2.20. The van der Waals surface area contributed by atoms with Gasteiger partial charge in [0.25, 0.3) is 0 Å². The van der Waals surface area contributed by atoms with Crippen molar-refractivity contribution in [3.05, 3.63) is 24.3 Å².